The quantitative estimate of drug-likeness (QED) is 0.471. The molecule has 1 amide bonds. The molecule has 8 heteroatoms. The maximum absolute atomic E-state index is 13.7. The van der Waals surface area contributed by atoms with Gasteiger partial charge in [-0.2, -0.15) is 11.8 Å². The van der Waals surface area contributed by atoms with Crippen molar-refractivity contribution in [2.75, 3.05) is 25.7 Å². The van der Waals surface area contributed by atoms with Crippen molar-refractivity contribution in [3.05, 3.63) is 65.5 Å². The van der Waals surface area contributed by atoms with Gasteiger partial charge in [0.25, 0.3) is 5.91 Å². The van der Waals surface area contributed by atoms with E-state index >= 15 is 0 Å². The number of rotatable bonds is 10. The van der Waals surface area contributed by atoms with E-state index in [2.05, 4.69) is 5.32 Å². The number of esters is 1. The van der Waals surface area contributed by atoms with Crippen molar-refractivity contribution >= 4 is 29.4 Å². The smallest absolute Gasteiger partial charge is 0.329 e. The molecular weight excluding hydrogens is 397 g/mol. The van der Waals surface area contributed by atoms with E-state index in [9.17, 15) is 18.8 Å². The number of ketones is 1. The van der Waals surface area contributed by atoms with Crippen LogP contribution in [0.5, 0.6) is 5.75 Å². The number of methoxy groups -OCH3 is 1. The summed E-state index contributed by atoms with van der Waals surface area (Å²) in [6.07, 6.45) is 2.23. The maximum Gasteiger partial charge on any atom is 0.329 e. The van der Waals surface area contributed by atoms with Gasteiger partial charge in [-0.05, 0) is 48.8 Å². The molecule has 0 aliphatic heterocycles. The monoisotopic (exact) mass is 419 g/mol. The highest BCUT2D eigenvalue weighted by molar-refractivity contribution is 7.98. The molecule has 154 valence electrons. The standard InChI is InChI=1S/C21H22FNO5S/c1-27-19-9-8-15(12-16(19)22)18(24)13-28-21(26)17(10-11-29-2)23-20(25)14-6-4-3-5-7-14/h3-9,12,17H,10-11,13H2,1-2H3,(H,23,25)/t17-/m1/s1. The molecule has 1 N–H and O–H groups in total. The first-order valence-electron chi connectivity index (χ1n) is 8.84. The van der Waals surface area contributed by atoms with E-state index in [0.717, 1.165) is 6.07 Å². The van der Waals surface area contributed by atoms with Crippen molar-refractivity contribution in [2.45, 2.75) is 12.5 Å². The molecule has 2 rings (SSSR count). The molecule has 2 aromatic rings. The lowest BCUT2D eigenvalue weighted by Gasteiger charge is -2.17. The number of carbonyl (C=O) groups is 3. The Morgan fingerprint density at radius 1 is 1.10 bits per heavy atom. The van der Waals surface area contributed by atoms with Crippen molar-refractivity contribution in [3.8, 4) is 5.75 Å². The van der Waals surface area contributed by atoms with Gasteiger partial charge in [0.15, 0.2) is 24.0 Å². The Labute approximate surface area is 172 Å². The Morgan fingerprint density at radius 2 is 1.83 bits per heavy atom. The van der Waals surface area contributed by atoms with E-state index in [1.807, 2.05) is 6.26 Å². The van der Waals surface area contributed by atoms with E-state index in [-0.39, 0.29) is 11.3 Å². The lowest BCUT2D eigenvalue weighted by molar-refractivity contribution is -0.144. The number of benzene rings is 2. The SMILES string of the molecule is COc1ccc(C(=O)COC(=O)[C@@H](CCSC)NC(=O)c2ccccc2)cc1F. The number of thioether (sulfide) groups is 1. The Kier molecular flexibility index (Phi) is 8.67. The van der Waals surface area contributed by atoms with Crippen LogP contribution in [-0.4, -0.2) is 49.4 Å². The predicted molar refractivity (Wildman–Crippen MR) is 109 cm³/mol. The van der Waals surface area contributed by atoms with E-state index in [4.69, 9.17) is 9.47 Å². The van der Waals surface area contributed by atoms with Crippen LogP contribution in [0.3, 0.4) is 0 Å². The molecule has 0 heterocycles. The summed E-state index contributed by atoms with van der Waals surface area (Å²) in [5.74, 6) is -1.73. The molecule has 0 bridgehead atoms. The first kappa shape index (κ1) is 22.4. The number of nitrogens with one attached hydrogen (secondary N) is 1. The number of hydrogen-bond donors (Lipinski definition) is 1. The predicted octanol–water partition coefficient (Wildman–Crippen LogP) is 3.11. The number of Topliss-reactive ketones (excluding diaryl/α,β-unsaturated/α-hetero) is 1. The molecule has 0 fully saturated rings. The van der Waals surface area contributed by atoms with Gasteiger partial charge in [-0.1, -0.05) is 18.2 Å². The van der Waals surface area contributed by atoms with Crippen LogP contribution in [0.15, 0.2) is 48.5 Å². The van der Waals surface area contributed by atoms with Crippen LogP contribution in [0, 0.1) is 5.82 Å². The van der Waals surface area contributed by atoms with E-state index in [1.54, 1.807) is 30.3 Å². The normalized spacial score (nSPS) is 11.4. The first-order valence-corrected chi connectivity index (χ1v) is 10.2. The number of carbonyl (C=O) groups excluding carboxylic acids is 3. The van der Waals surface area contributed by atoms with E-state index in [1.165, 1.54) is 31.0 Å². The minimum atomic E-state index is -0.893. The highest BCUT2D eigenvalue weighted by atomic mass is 32.2. The van der Waals surface area contributed by atoms with Gasteiger partial charge in [0.2, 0.25) is 0 Å². The van der Waals surface area contributed by atoms with Crippen LogP contribution < -0.4 is 10.1 Å². The third kappa shape index (κ3) is 6.60. The van der Waals surface area contributed by atoms with Crippen molar-refractivity contribution in [3.63, 3.8) is 0 Å². The number of hydrogen-bond acceptors (Lipinski definition) is 6. The van der Waals surface area contributed by atoms with Gasteiger partial charge in [-0.15, -0.1) is 0 Å². The van der Waals surface area contributed by atoms with Crippen LogP contribution in [0.1, 0.15) is 27.1 Å². The Morgan fingerprint density at radius 3 is 2.45 bits per heavy atom. The Balaban J connectivity index is 1.99. The lowest BCUT2D eigenvalue weighted by Crippen LogP contribution is -2.42. The van der Waals surface area contributed by atoms with Crippen molar-refractivity contribution < 1.29 is 28.2 Å². The molecule has 0 unspecified atom stereocenters. The van der Waals surface area contributed by atoms with Gasteiger partial charge in [0, 0.05) is 11.1 Å². The van der Waals surface area contributed by atoms with Crippen LogP contribution in [-0.2, 0) is 9.53 Å². The van der Waals surface area contributed by atoms with E-state index < -0.39 is 36.1 Å². The third-order valence-electron chi connectivity index (χ3n) is 4.06. The van der Waals surface area contributed by atoms with Crippen LogP contribution in [0.4, 0.5) is 4.39 Å². The average molecular weight is 419 g/mol. The molecule has 0 saturated heterocycles. The zero-order valence-electron chi connectivity index (χ0n) is 16.1. The van der Waals surface area contributed by atoms with Crippen LogP contribution in [0.2, 0.25) is 0 Å². The van der Waals surface area contributed by atoms with Crippen LogP contribution in [0.25, 0.3) is 0 Å². The van der Waals surface area contributed by atoms with Gasteiger partial charge < -0.3 is 14.8 Å². The molecular formula is C21H22FNO5S. The fourth-order valence-corrected chi connectivity index (χ4v) is 2.95. The van der Waals surface area contributed by atoms with Gasteiger partial charge in [-0.3, -0.25) is 9.59 Å². The lowest BCUT2D eigenvalue weighted by atomic mass is 10.1. The van der Waals surface area contributed by atoms with Gasteiger partial charge in [0.05, 0.1) is 7.11 Å². The highest BCUT2D eigenvalue weighted by Crippen LogP contribution is 2.18. The van der Waals surface area contributed by atoms with E-state index in [0.29, 0.717) is 17.7 Å². The maximum atomic E-state index is 13.7. The molecule has 0 saturated carbocycles. The van der Waals surface area contributed by atoms with Gasteiger partial charge >= 0.3 is 5.97 Å². The minimum Gasteiger partial charge on any atom is -0.494 e. The number of amides is 1. The number of halogens is 1. The third-order valence-corrected chi connectivity index (χ3v) is 4.70. The molecule has 0 aliphatic carbocycles. The summed E-state index contributed by atoms with van der Waals surface area (Å²) < 4.78 is 23.6. The first-order chi connectivity index (χ1) is 14.0. The zero-order valence-corrected chi connectivity index (χ0v) is 17.0. The zero-order chi connectivity index (χ0) is 21.2. The summed E-state index contributed by atoms with van der Waals surface area (Å²) in [6.45, 7) is -0.554. The molecule has 2 aromatic carbocycles. The van der Waals surface area contributed by atoms with Crippen LogP contribution >= 0.6 is 11.8 Å². The fraction of sp³-hybridized carbons (Fsp3) is 0.286. The number of ether oxygens (including phenoxy) is 2. The second-order valence-corrected chi connectivity index (χ2v) is 7.04. The topological polar surface area (TPSA) is 81.7 Å². The second-order valence-electron chi connectivity index (χ2n) is 6.05. The summed E-state index contributed by atoms with van der Waals surface area (Å²) in [6, 6.07) is 11.3. The summed E-state index contributed by atoms with van der Waals surface area (Å²) in [5, 5.41) is 2.64. The molecule has 0 aliphatic rings. The van der Waals surface area contributed by atoms with Crippen molar-refractivity contribution in [2.24, 2.45) is 0 Å². The van der Waals surface area contributed by atoms with Gasteiger partial charge in [-0.25, -0.2) is 9.18 Å². The van der Waals surface area contributed by atoms with Crippen molar-refractivity contribution in [1.29, 1.82) is 0 Å². The molecule has 0 aromatic heterocycles. The molecule has 29 heavy (non-hydrogen) atoms. The fourth-order valence-electron chi connectivity index (χ4n) is 2.48. The average Bonchev–Trinajstić information content (AvgIpc) is 2.75. The summed E-state index contributed by atoms with van der Waals surface area (Å²) in [4.78, 5) is 37.0. The van der Waals surface area contributed by atoms with Gasteiger partial charge in [0.1, 0.15) is 6.04 Å². The highest BCUT2D eigenvalue weighted by Gasteiger charge is 2.23. The summed E-state index contributed by atoms with van der Waals surface area (Å²) in [5.41, 5.74) is 0.476. The van der Waals surface area contributed by atoms with Crippen molar-refractivity contribution in [1.82, 2.24) is 5.32 Å². The Bertz CT molecular complexity index is 859. The molecule has 0 spiro atoms. The summed E-state index contributed by atoms with van der Waals surface area (Å²) in [7, 11) is 1.32. The Hall–Kier alpha value is -2.87. The molecule has 0 radical (unpaired) electrons. The molecule has 6 nitrogen and oxygen atoms in total. The molecule has 1 atom stereocenters. The largest absolute Gasteiger partial charge is 0.494 e. The second kappa shape index (κ2) is 11.2. The summed E-state index contributed by atoms with van der Waals surface area (Å²) >= 11 is 1.52. The minimum absolute atomic E-state index is 0.0132.